The first kappa shape index (κ1) is 30.9. The standard InChI is InChI=1S/C19H21ClN2O2S.C6H8O7/c1-21(2)7-8-22(12-16-4-3-9-25-16)11-14-13-24-18-6-5-15(20)10-17(18)19(14)23;7-3(8)1-6(13,5(11)12)2-4(9)10/h3-6,9-10,13H,7-8,11-12H2,1-2H3;13H,1-2H2,(H,7,8)(H,9,10)(H,11,12). The molecule has 3 rings (SSSR count). The van der Waals surface area contributed by atoms with Gasteiger partial charge in [0.1, 0.15) is 5.58 Å². The molecule has 0 saturated carbocycles. The molecule has 2 aromatic heterocycles. The Balaban J connectivity index is 0.000000332. The van der Waals surface area contributed by atoms with Gasteiger partial charge >= 0.3 is 17.9 Å². The third-order valence-corrected chi connectivity index (χ3v) is 6.40. The van der Waals surface area contributed by atoms with Gasteiger partial charge in [-0.25, -0.2) is 4.79 Å². The summed E-state index contributed by atoms with van der Waals surface area (Å²) in [5.74, 6) is -5.02. The summed E-state index contributed by atoms with van der Waals surface area (Å²) in [4.78, 5) is 49.0. The fraction of sp³-hybridized carbons (Fsp3) is 0.360. The van der Waals surface area contributed by atoms with Gasteiger partial charge in [0.2, 0.25) is 0 Å². The molecule has 0 atom stereocenters. The average Bonchev–Trinajstić information content (AvgIpc) is 3.32. The van der Waals surface area contributed by atoms with Crippen LogP contribution >= 0.6 is 22.9 Å². The minimum atomic E-state index is -2.74. The number of likely N-dealkylation sites (N-methyl/N-ethyl adjacent to an activating group) is 1. The van der Waals surface area contributed by atoms with E-state index in [-0.39, 0.29) is 5.43 Å². The number of rotatable bonds is 12. The van der Waals surface area contributed by atoms with Crippen molar-refractivity contribution in [3.05, 3.63) is 67.7 Å². The number of hydrogen-bond donors (Lipinski definition) is 4. The number of thiophene rings is 1. The van der Waals surface area contributed by atoms with Crippen LogP contribution in [0.3, 0.4) is 0 Å². The number of carboxylic acids is 3. The predicted octanol–water partition coefficient (Wildman–Crippen LogP) is 2.82. The van der Waals surface area contributed by atoms with Crippen molar-refractivity contribution in [3.63, 3.8) is 0 Å². The molecule has 0 bridgehead atoms. The van der Waals surface area contributed by atoms with Gasteiger partial charge in [-0.3, -0.25) is 19.3 Å². The molecule has 0 aliphatic carbocycles. The van der Waals surface area contributed by atoms with E-state index in [0.717, 1.165) is 19.6 Å². The van der Waals surface area contributed by atoms with Crippen LogP contribution in [0, 0.1) is 0 Å². The van der Waals surface area contributed by atoms with Gasteiger partial charge in [0.05, 0.1) is 24.5 Å². The van der Waals surface area contributed by atoms with Crippen molar-refractivity contribution >= 4 is 51.8 Å². The third kappa shape index (κ3) is 9.54. The number of aliphatic hydroxyl groups is 1. The molecule has 0 saturated heterocycles. The molecule has 4 N–H and O–H groups in total. The molecule has 0 aliphatic heterocycles. The van der Waals surface area contributed by atoms with Gasteiger partial charge in [0.15, 0.2) is 11.0 Å². The molecule has 0 radical (unpaired) electrons. The fourth-order valence-corrected chi connectivity index (χ4v) is 4.30. The van der Waals surface area contributed by atoms with E-state index in [0.29, 0.717) is 28.1 Å². The average molecular weight is 569 g/mol. The smallest absolute Gasteiger partial charge is 0.336 e. The van der Waals surface area contributed by atoms with Crippen LogP contribution in [-0.2, 0) is 27.5 Å². The Labute approximate surface area is 227 Å². The normalized spacial score (nSPS) is 11.4. The SMILES string of the molecule is CN(C)CCN(Cc1cccs1)Cc1coc2ccc(Cl)cc2c1=O.O=C(O)CC(O)(CC(=O)O)C(=O)O. The second-order valence-corrected chi connectivity index (χ2v) is 10.3. The first-order valence-electron chi connectivity index (χ1n) is 11.3. The maximum atomic E-state index is 12.8. The summed E-state index contributed by atoms with van der Waals surface area (Å²) in [6.45, 7) is 3.17. The number of hydrogen-bond acceptors (Lipinski definition) is 9. The Bertz CT molecular complexity index is 1290. The molecule has 11 nitrogen and oxygen atoms in total. The van der Waals surface area contributed by atoms with Crippen LogP contribution in [0.15, 0.2) is 51.2 Å². The molecule has 1 aromatic carbocycles. The third-order valence-electron chi connectivity index (χ3n) is 5.31. The quantitative estimate of drug-likeness (QED) is 0.253. The molecule has 13 heteroatoms. The molecule has 38 heavy (non-hydrogen) atoms. The number of nitrogens with zero attached hydrogens (tertiary/aromatic N) is 2. The summed E-state index contributed by atoms with van der Waals surface area (Å²) in [6, 6.07) is 9.31. The van der Waals surface area contributed by atoms with Crippen molar-refractivity contribution in [1.29, 1.82) is 0 Å². The summed E-state index contributed by atoms with van der Waals surface area (Å²) < 4.78 is 5.65. The molecular weight excluding hydrogens is 540 g/mol. The van der Waals surface area contributed by atoms with Crippen LogP contribution in [0.25, 0.3) is 11.0 Å². The van der Waals surface area contributed by atoms with Gasteiger partial charge < -0.3 is 29.7 Å². The zero-order valence-electron chi connectivity index (χ0n) is 20.8. The van der Waals surface area contributed by atoms with Gasteiger partial charge in [-0.1, -0.05) is 17.7 Å². The zero-order chi connectivity index (χ0) is 28.5. The van der Waals surface area contributed by atoms with E-state index in [2.05, 4.69) is 41.4 Å². The molecule has 0 amide bonds. The summed E-state index contributed by atoms with van der Waals surface area (Å²) in [7, 11) is 4.10. The van der Waals surface area contributed by atoms with Gasteiger partial charge in [-0.15, -0.1) is 11.3 Å². The van der Waals surface area contributed by atoms with Crippen molar-refractivity contribution < 1.29 is 39.2 Å². The topological polar surface area (TPSA) is 169 Å². The number of benzene rings is 1. The van der Waals surface area contributed by atoms with E-state index in [1.807, 2.05) is 0 Å². The van der Waals surface area contributed by atoms with Crippen molar-refractivity contribution in [3.8, 4) is 0 Å². The minimum absolute atomic E-state index is 0.00946. The highest BCUT2D eigenvalue weighted by Crippen LogP contribution is 2.19. The van der Waals surface area contributed by atoms with Crippen molar-refractivity contribution in [2.45, 2.75) is 31.5 Å². The second-order valence-electron chi connectivity index (χ2n) is 8.80. The van der Waals surface area contributed by atoms with Gasteiger partial charge in [0.25, 0.3) is 0 Å². The zero-order valence-corrected chi connectivity index (χ0v) is 22.4. The fourth-order valence-electron chi connectivity index (χ4n) is 3.39. The summed E-state index contributed by atoms with van der Waals surface area (Å²) in [5.41, 5.74) is -1.52. The lowest BCUT2D eigenvalue weighted by Crippen LogP contribution is -2.42. The Morgan fingerprint density at radius 1 is 1.03 bits per heavy atom. The number of fused-ring (bicyclic) bond motifs is 1. The Morgan fingerprint density at radius 3 is 2.21 bits per heavy atom. The number of halogens is 1. The molecule has 206 valence electrons. The highest BCUT2D eigenvalue weighted by Gasteiger charge is 2.40. The Hall–Kier alpha value is -3.29. The highest BCUT2D eigenvalue weighted by atomic mass is 35.5. The van der Waals surface area contributed by atoms with E-state index >= 15 is 0 Å². The van der Waals surface area contributed by atoms with Crippen LogP contribution in [0.2, 0.25) is 5.02 Å². The maximum absolute atomic E-state index is 12.8. The lowest BCUT2D eigenvalue weighted by molar-refractivity contribution is -0.170. The molecule has 3 aromatic rings. The molecule has 0 aliphatic rings. The number of carbonyl (C=O) groups is 3. The van der Waals surface area contributed by atoms with Gasteiger partial charge in [0, 0.05) is 41.6 Å². The summed E-state index contributed by atoms with van der Waals surface area (Å²) >= 11 is 7.76. The van der Waals surface area contributed by atoms with Crippen molar-refractivity contribution in [2.75, 3.05) is 27.2 Å². The maximum Gasteiger partial charge on any atom is 0.336 e. The first-order chi connectivity index (χ1) is 17.8. The Morgan fingerprint density at radius 2 is 1.68 bits per heavy atom. The van der Waals surface area contributed by atoms with Crippen LogP contribution < -0.4 is 5.43 Å². The molecule has 0 fully saturated rings. The van der Waals surface area contributed by atoms with Crippen LogP contribution in [0.5, 0.6) is 0 Å². The van der Waals surface area contributed by atoms with Gasteiger partial charge in [-0.2, -0.15) is 0 Å². The van der Waals surface area contributed by atoms with Crippen molar-refractivity contribution in [1.82, 2.24) is 9.80 Å². The second kappa shape index (κ2) is 14.0. The van der Waals surface area contributed by atoms with Crippen LogP contribution in [0.1, 0.15) is 23.3 Å². The van der Waals surface area contributed by atoms with E-state index in [4.69, 9.17) is 36.4 Å². The number of aliphatic carboxylic acids is 3. The van der Waals surface area contributed by atoms with Crippen LogP contribution in [0.4, 0.5) is 0 Å². The molecular formula is C25H29ClN2O9S. The van der Waals surface area contributed by atoms with E-state index < -0.39 is 36.4 Å². The molecule has 0 spiro atoms. The van der Waals surface area contributed by atoms with E-state index in [1.54, 1.807) is 35.8 Å². The highest BCUT2D eigenvalue weighted by molar-refractivity contribution is 7.09. The summed E-state index contributed by atoms with van der Waals surface area (Å²) in [5, 5.41) is 37.0. The van der Waals surface area contributed by atoms with Gasteiger partial charge in [-0.05, 0) is 43.7 Å². The minimum Gasteiger partial charge on any atom is -0.481 e. The van der Waals surface area contributed by atoms with E-state index in [9.17, 15) is 19.2 Å². The van der Waals surface area contributed by atoms with E-state index in [1.165, 1.54) is 4.88 Å². The van der Waals surface area contributed by atoms with Crippen molar-refractivity contribution in [2.24, 2.45) is 0 Å². The predicted molar refractivity (Wildman–Crippen MR) is 142 cm³/mol. The monoisotopic (exact) mass is 568 g/mol. The first-order valence-corrected chi connectivity index (χ1v) is 12.5. The molecule has 2 heterocycles. The lowest BCUT2D eigenvalue weighted by Gasteiger charge is -2.23. The largest absolute Gasteiger partial charge is 0.481 e. The number of carboxylic acid groups (broad SMARTS) is 3. The molecule has 0 unspecified atom stereocenters. The van der Waals surface area contributed by atoms with Crippen LogP contribution in [-0.4, -0.2) is 80.9 Å². The Kier molecular flexibility index (Phi) is 11.4. The summed E-state index contributed by atoms with van der Waals surface area (Å²) in [6.07, 6.45) is -0.709. The lowest BCUT2D eigenvalue weighted by atomic mass is 9.96.